The van der Waals surface area contributed by atoms with Gasteiger partial charge in [0, 0.05) is 19.1 Å². The van der Waals surface area contributed by atoms with Gasteiger partial charge in [0.15, 0.2) is 5.13 Å². The zero-order valence-electron chi connectivity index (χ0n) is 17.3. The first-order valence-electron chi connectivity index (χ1n) is 9.28. The number of nitrogens with zero attached hydrogens (tertiary/aromatic N) is 5. The van der Waals surface area contributed by atoms with Gasteiger partial charge in [-0.15, -0.1) is 0 Å². The summed E-state index contributed by atoms with van der Waals surface area (Å²) in [5, 5.41) is 5.16. The van der Waals surface area contributed by atoms with Crippen LogP contribution in [-0.4, -0.2) is 59.9 Å². The number of carbonyl (C=O) groups excluding carboxylic acids is 1. The number of rotatable bonds is 7. The van der Waals surface area contributed by atoms with Crippen LogP contribution >= 0.6 is 11.3 Å². The zero-order valence-corrected chi connectivity index (χ0v) is 18.1. The van der Waals surface area contributed by atoms with Gasteiger partial charge in [0.2, 0.25) is 0 Å². The van der Waals surface area contributed by atoms with Crippen LogP contribution in [0.4, 0.5) is 5.13 Å². The first kappa shape index (κ1) is 20.3. The summed E-state index contributed by atoms with van der Waals surface area (Å²) in [6, 6.07) is 7.76. The largest absolute Gasteiger partial charge is 0.494 e. The van der Waals surface area contributed by atoms with E-state index in [4.69, 9.17) is 9.72 Å². The topological polar surface area (TPSA) is 63.5 Å². The van der Waals surface area contributed by atoms with E-state index in [0.717, 1.165) is 22.5 Å². The standard InChI is InChI=1S/C20H27N5O2S/c1-13(2)25-15(12-14(3)22-25)19(26)24(11-10-23(4)5)20-21-18-16(27-6)8-7-9-17(18)28-20/h7-9,12-13H,10-11H2,1-6H3. The van der Waals surface area contributed by atoms with Gasteiger partial charge in [-0.05, 0) is 53.1 Å². The van der Waals surface area contributed by atoms with Crippen molar-refractivity contribution in [1.82, 2.24) is 19.7 Å². The lowest BCUT2D eigenvalue weighted by Gasteiger charge is -2.22. The minimum absolute atomic E-state index is 0.0887. The van der Waals surface area contributed by atoms with Crippen LogP contribution in [0.5, 0.6) is 5.75 Å². The van der Waals surface area contributed by atoms with Crippen molar-refractivity contribution in [2.45, 2.75) is 26.8 Å². The number of aryl methyl sites for hydroxylation is 1. The summed E-state index contributed by atoms with van der Waals surface area (Å²) in [6.45, 7) is 7.22. The molecule has 0 aliphatic carbocycles. The molecule has 28 heavy (non-hydrogen) atoms. The number of hydrogen-bond acceptors (Lipinski definition) is 6. The normalized spacial score (nSPS) is 11.6. The highest BCUT2D eigenvalue weighted by Crippen LogP contribution is 2.34. The minimum atomic E-state index is -0.0887. The molecule has 1 amide bonds. The molecule has 7 nitrogen and oxygen atoms in total. The molecule has 0 spiro atoms. The van der Waals surface area contributed by atoms with Gasteiger partial charge >= 0.3 is 0 Å². The van der Waals surface area contributed by atoms with Gasteiger partial charge in [0.05, 0.1) is 17.5 Å². The molecule has 0 bridgehead atoms. The lowest BCUT2D eigenvalue weighted by Crippen LogP contribution is -2.38. The van der Waals surface area contributed by atoms with E-state index in [1.54, 1.807) is 16.7 Å². The summed E-state index contributed by atoms with van der Waals surface area (Å²) in [5.74, 6) is 0.622. The van der Waals surface area contributed by atoms with Crippen LogP contribution in [0.15, 0.2) is 24.3 Å². The molecule has 0 fully saturated rings. The number of ether oxygens (including phenoxy) is 1. The van der Waals surface area contributed by atoms with E-state index in [2.05, 4.69) is 10.00 Å². The highest BCUT2D eigenvalue weighted by atomic mass is 32.1. The lowest BCUT2D eigenvalue weighted by atomic mass is 10.3. The predicted octanol–water partition coefficient (Wildman–Crippen LogP) is 3.60. The Hall–Kier alpha value is -2.45. The number of para-hydroxylation sites is 1. The lowest BCUT2D eigenvalue weighted by molar-refractivity contribution is 0.0973. The fourth-order valence-electron chi connectivity index (χ4n) is 2.98. The number of methoxy groups -OCH3 is 1. The molecule has 2 aromatic heterocycles. The predicted molar refractivity (Wildman–Crippen MR) is 114 cm³/mol. The van der Waals surface area contributed by atoms with Gasteiger partial charge in [-0.25, -0.2) is 4.98 Å². The van der Waals surface area contributed by atoms with Crippen LogP contribution in [0.1, 0.15) is 36.1 Å². The second-order valence-electron chi connectivity index (χ2n) is 7.27. The van der Waals surface area contributed by atoms with Crippen molar-refractivity contribution in [3.8, 4) is 5.75 Å². The maximum atomic E-state index is 13.5. The molecule has 0 saturated heterocycles. The van der Waals surface area contributed by atoms with E-state index in [1.165, 1.54) is 11.3 Å². The summed E-state index contributed by atoms with van der Waals surface area (Å²) >= 11 is 1.50. The van der Waals surface area contributed by atoms with Crippen LogP contribution in [-0.2, 0) is 0 Å². The maximum absolute atomic E-state index is 13.5. The number of benzene rings is 1. The van der Waals surface area contributed by atoms with Gasteiger partial charge in [-0.2, -0.15) is 5.10 Å². The quantitative estimate of drug-likeness (QED) is 0.605. The van der Waals surface area contributed by atoms with E-state index < -0.39 is 0 Å². The number of thiazole rings is 1. The number of amides is 1. The monoisotopic (exact) mass is 401 g/mol. The Kier molecular flexibility index (Phi) is 6.00. The Morgan fingerprint density at radius 2 is 2.04 bits per heavy atom. The van der Waals surface area contributed by atoms with E-state index >= 15 is 0 Å². The molecular formula is C20H27N5O2S. The van der Waals surface area contributed by atoms with Crippen molar-refractivity contribution >= 4 is 32.6 Å². The number of hydrogen-bond donors (Lipinski definition) is 0. The van der Waals surface area contributed by atoms with Crippen molar-refractivity contribution in [2.24, 2.45) is 0 Å². The fourth-order valence-corrected chi connectivity index (χ4v) is 3.99. The average Bonchev–Trinajstić information content (AvgIpc) is 3.24. The molecule has 0 N–H and O–H groups in total. The molecule has 0 aliphatic heterocycles. The Morgan fingerprint density at radius 3 is 2.68 bits per heavy atom. The smallest absolute Gasteiger partial charge is 0.278 e. The summed E-state index contributed by atoms with van der Waals surface area (Å²) in [5.41, 5.74) is 2.19. The number of aromatic nitrogens is 3. The molecule has 3 rings (SSSR count). The van der Waals surface area contributed by atoms with Crippen molar-refractivity contribution in [1.29, 1.82) is 0 Å². The van der Waals surface area contributed by atoms with Gasteiger partial charge in [-0.1, -0.05) is 17.4 Å². The summed E-state index contributed by atoms with van der Waals surface area (Å²) < 4.78 is 8.21. The van der Waals surface area contributed by atoms with Gasteiger partial charge in [0.1, 0.15) is 17.0 Å². The second-order valence-corrected chi connectivity index (χ2v) is 8.28. The summed E-state index contributed by atoms with van der Waals surface area (Å²) in [4.78, 5) is 22.1. The summed E-state index contributed by atoms with van der Waals surface area (Å²) in [6.07, 6.45) is 0. The van der Waals surface area contributed by atoms with Crippen LogP contribution < -0.4 is 9.64 Å². The number of carbonyl (C=O) groups is 1. The Bertz CT molecular complexity index is 976. The summed E-state index contributed by atoms with van der Waals surface area (Å²) in [7, 11) is 5.62. The Morgan fingerprint density at radius 1 is 1.29 bits per heavy atom. The van der Waals surface area contributed by atoms with E-state index in [0.29, 0.717) is 23.1 Å². The zero-order chi connectivity index (χ0) is 20.4. The highest BCUT2D eigenvalue weighted by molar-refractivity contribution is 7.22. The maximum Gasteiger partial charge on any atom is 0.278 e. The molecular weight excluding hydrogens is 374 g/mol. The molecule has 3 aromatic rings. The molecule has 2 heterocycles. The third-order valence-corrected chi connectivity index (χ3v) is 5.45. The van der Waals surface area contributed by atoms with Gasteiger partial charge < -0.3 is 9.64 Å². The van der Waals surface area contributed by atoms with Crippen LogP contribution in [0.25, 0.3) is 10.2 Å². The number of likely N-dealkylation sites (N-methyl/N-ethyl adjacent to an activating group) is 1. The third-order valence-electron chi connectivity index (χ3n) is 4.40. The van der Waals surface area contributed by atoms with E-state index in [-0.39, 0.29) is 11.9 Å². The molecule has 0 radical (unpaired) electrons. The average molecular weight is 402 g/mol. The fraction of sp³-hybridized carbons (Fsp3) is 0.450. The Labute approximate surface area is 169 Å². The van der Waals surface area contributed by atoms with Gasteiger partial charge in [-0.3, -0.25) is 14.4 Å². The first-order valence-corrected chi connectivity index (χ1v) is 10.1. The SMILES string of the molecule is COc1cccc2sc(N(CCN(C)C)C(=O)c3cc(C)nn3C(C)C)nc12. The first-order chi connectivity index (χ1) is 13.3. The molecule has 8 heteroatoms. The molecule has 0 atom stereocenters. The third kappa shape index (κ3) is 4.02. The van der Waals surface area contributed by atoms with Crippen LogP contribution in [0.3, 0.4) is 0 Å². The van der Waals surface area contributed by atoms with E-state index in [9.17, 15) is 4.79 Å². The van der Waals surface area contributed by atoms with E-state index in [1.807, 2.05) is 59.1 Å². The molecule has 1 aromatic carbocycles. The second kappa shape index (κ2) is 8.28. The molecule has 0 aliphatic rings. The van der Waals surface area contributed by atoms with Crippen molar-refractivity contribution in [2.75, 3.05) is 39.2 Å². The van der Waals surface area contributed by atoms with Crippen molar-refractivity contribution in [3.63, 3.8) is 0 Å². The highest BCUT2D eigenvalue weighted by Gasteiger charge is 2.26. The van der Waals surface area contributed by atoms with Crippen molar-refractivity contribution < 1.29 is 9.53 Å². The number of anilines is 1. The minimum Gasteiger partial charge on any atom is -0.494 e. The molecule has 150 valence electrons. The van der Waals surface area contributed by atoms with Crippen LogP contribution in [0, 0.1) is 6.92 Å². The number of fused-ring (bicyclic) bond motifs is 1. The van der Waals surface area contributed by atoms with Crippen molar-refractivity contribution in [3.05, 3.63) is 35.7 Å². The molecule has 0 saturated carbocycles. The van der Waals surface area contributed by atoms with Gasteiger partial charge in [0.25, 0.3) is 5.91 Å². The van der Waals surface area contributed by atoms with Crippen LogP contribution in [0.2, 0.25) is 0 Å². The molecule has 0 unspecified atom stereocenters. The Balaban J connectivity index is 2.06.